The van der Waals surface area contributed by atoms with Crippen molar-refractivity contribution >= 4 is 11.6 Å². The molecule has 0 fully saturated rings. The topological polar surface area (TPSA) is 64.7 Å². The Kier molecular flexibility index (Phi) is 6.42. The van der Waals surface area contributed by atoms with Gasteiger partial charge in [0.05, 0.1) is 19.2 Å². The van der Waals surface area contributed by atoms with Crippen molar-refractivity contribution < 1.29 is 14.6 Å². The summed E-state index contributed by atoms with van der Waals surface area (Å²) < 4.78 is 10.6. The fourth-order valence-corrected chi connectivity index (χ4v) is 2.39. The zero-order chi connectivity index (χ0) is 14.4. The Hall–Kier alpha value is -0.970. The third kappa shape index (κ3) is 4.00. The fourth-order valence-electron chi connectivity index (χ4n) is 2.14. The molecule has 0 spiro atoms. The molecule has 5 heteroatoms. The first-order valence-electron chi connectivity index (χ1n) is 6.29. The number of aliphatic hydroxyl groups is 1. The normalized spacial score (nSPS) is 14.0. The Morgan fingerprint density at radius 3 is 2.37 bits per heavy atom. The van der Waals surface area contributed by atoms with E-state index in [-0.39, 0.29) is 18.4 Å². The van der Waals surface area contributed by atoms with Gasteiger partial charge < -0.3 is 20.3 Å². The van der Waals surface area contributed by atoms with Crippen molar-refractivity contribution in [3.05, 3.63) is 22.7 Å². The highest BCUT2D eigenvalue weighted by atomic mass is 35.5. The van der Waals surface area contributed by atoms with Crippen LogP contribution in [0.3, 0.4) is 0 Å². The van der Waals surface area contributed by atoms with Gasteiger partial charge in [-0.3, -0.25) is 0 Å². The second-order valence-electron chi connectivity index (χ2n) is 4.65. The molecule has 0 aromatic heterocycles. The maximum Gasteiger partial charge on any atom is 0.141 e. The average molecular weight is 288 g/mol. The maximum atomic E-state index is 9.23. The second kappa shape index (κ2) is 7.58. The van der Waals surface area contributed by atoms with E-state index in [2.05, 4.69) is 6.92 Å². The van der Waals surface area contributed by atoms with Gasteiger partial charge in [0.1, 0.15) is 11.5 Å². The molecule has 1 aromatic rings. The molecule has 0 bridgehead atoms. The molecule has 19 heavy (non-hydrogen) atoms. The van der Waals surface area contributed by atoms with Gasteiger partial charge in [0, 0.05) is 12.7 Å². The Bertz CT molecular complexity index is 408. The summed E-state index contributed by atoms with van der Waals surface area (Å²) in [6.07, 6.45) is 0.784. The summed E-state index contributed by atoms with van der Waals surface area (Å²) in [7, 11) is 3.19. The molecule has 1 rings (SSSR count). The molecule has 4 nitrogen and oxygen atoms in total. The number of nitrogens with two attached hydrogens (primary N) is 1. The highest BCUT2D eigenvalue weighted by Gasteiger charge is 2.18. The molecule has 0 saturated carbocycles. The summed E-state index contributed by atoms with van der Waals surface area (Å²) in [5.74, 6) is 1.61. The standard InChI is InChI=1S/C14H22ClNO3/c1-9(4-10(7-16)8-17)11-5-12(15)14(19-3)6-13(11)18-2/h5-6,9-10,17H,4,7-8,16H2,1-3H3. The molecule has 0 aliphatic heterocycles. The summed E-state index contributed by atoms with van der Waals surface area (Å²) in [4.78, 5) is 0. The highest BCUT2D eigenvalue weighted by molar-refractivity contribution is 6.32. The minimum atomic E-state index is 0.0839. The maximum absolute atomic E-state index is 9.23. The highest BCUT2D eigenvalue weighted by Crippen LogP contribution is 2.38. The lowest BCUT2D eigenvalue weighted by molar-refractivity contribution is 0.216. The van der Waals surface area contributed by atoms with Crippen LogP contribution in [0.4, 0.5) is 0 Å². The van der Waals surface area contributed by atoms with E-state index < -0.39 is 0 Å². The van der Waals surface area contributed by atoms with Crippen LogP contribution in [0.2, 0.25) is 5.02 Å². The number of methoxy groups -OCH3 is 2. The molecule has 3 N–H and O–H groups in total. The van der Waals surface area contributed by atoms with Gasteiger partial charge in [-0.25, -0.2) is 0 Å². The smallest absolute Gasteiger partial charge is 0.141 e. The Morgan fingerprint density at radius 2 is 1.89 bits per heavy atom. The zero-order valence-electron chi connectivity index (χ0n) is 11.6. The predicted octanol–water partition coefficient (Wildman–Crippen LogP) is 2.42. The number of benzene rings is 1. The van der Waals surface area contributed by atoms with Gasteiger partial charge >= 0.3 is 0 Å². The van der Waals surface area contributed by atoms with Gasteiger partial charge in [0.25, 0.3) is 0 Å². The van der Waals surface area contributed by atoms with Crippen LogP contribution in [-0.4, -0.2) is 32.5 Å². The van der Waals surface area contributed by atoms with Crippen LogP contribution in [0.15, 0.2) is 12.1 Å². The number of ether oxygens (including phenoxy) is 2. The SMILES string of the molecule is COc1cc(OC)c(C(C)CC(CN)CO)cc1Cl. The molecule has 2 atom stereocenters. The zero-order valence-corrected chi connectivity index (χ0v) is 12.4. The van der Waals surface area contributed by atoms with E-state index in [1.54, 1.807) is 20.3 Å². The van der Waals surface area contributed by atoms with E-state index in [4.69, 9.17) is 26.8 Å². The van der Waals surface area contributed by atoms with Gasteiger partial charge in [-0.15, -0.1) is 0 Å². The van der Waals surface area contributed by atoms with Crippen molar-refractivity contribution in [1.29, 1.82) is 0 Å². The van der Waals surface area contributed by atoms with Crippen LogP contribution < -0.4 is 15.2 Å². The quantitative estimate of drug-likeness (QED) is 0.808. The van der Waals surface area contributed by atoms with Crippen molar-refractivity contribution in [1.82, 2.24) is 0 Å². The molecular formula is C14H22ClNO3. The lowest BCUT2D eigenvalue weighted by Crippen LogP contribution is -2.20. The van der Waals surface area contributed by atoms with Crippen molar-refractivity contribution in [2.75, 3.05) is 27.4 Å². The van der Waals surface area contributed by atoms with Crippen molar-refractivity contribution in [2.45, 2.75) is 19.3 Å². The predicted molar refractivity (Wildman–Crippen MR) is 77.2 cm³/mol. The largest absolute Gasteiger partial charge is 0.496 e. The van der Waals surface area contributed by atoms with Gasteiger partial charge in [-0.1, -0.05) is 18.5 Å². The Labute approximate surface area is 119 Å². The Balaban J connectivity index is 3.01. The molecule has 0 saturated heterocycles. The first-order chi connectivity index (χ1) is 9.07. The number of hydrogen-bond donors (Lipinski definition) is 2. The molecule has 0 aliphatic rings. The number of rotatable bonds is 7. The molecular weight excluding hydrogens is 266 g/mol. The third-order valence-electron chi connectivity index (χ3n) is 3.31. The molecule has 0 heterocycles. The third-order valence-corrected chi connectivity index (χ3v) is 3.61. The Morgan fingerprint density at radius 1 is 1.26 bits per heavy atom. The van der Waals surface area contributed by atoms with E-state index in [0.717, 1.165) is 17.7 Å². The average Bonchev–Trinajstić information content (AvgIpc) is 2.44. The minimum Gasteiger partial charge on any atom is -0.496 e. The van der Waals surface area contributed by atoms with Crippen LogP contribution in [0.5, 0.6) is 11.5 Å². The number of halogens is 1. The summed E-state index contributed by atoms with van der Waals surface area (Å²) in [6.45, 7) is 2.62. The fraction of sp³-hybridized carbons (Fsp3) is 0.571. The molecule has 0 amide bonds. The van der Waals surface area contributed by atoms with E-state index in [0.29, 0.717) is 17.3 Å². The second-order valence-corrected chi connectivity index (χ2v) is 5.06. The molecule has 0 aliphatic carbocycles. The van der Waals surface area contributed by atoms with Crippen LogP contribution in [0.25, 0.3) is 0 Å². The lowest BCUT2D eigenvalue weighted by Gasteiger charge is -2.21. The van der Waals surface area contributed by atoms with Crippen molar-refractivity contribution in [3.63, 3.8) is 0 Å². The molecule has 0 radical (unpaired) electrons. The number of hydrogen-bond acceptors (Lipinski definition) is 4. The van der Waals surface area contributed by atoms with E-state index in [1.165, 1.54) is 0 Å². The van der Waals surface area contributed by atoms with Crippen LogP contribution in [0, 0.1) is 5.92 Å². The van der Waals surface area contributed by atoms with Gasteiger partial charge in [-0.05, 0) is 36.4 Å². The van der Waals surface area contributed by atoms with E-state index in [1.807, 2.05) is 6.07 Å². The lowest BCUT2D eigenvalue weighted by atomic mass is 9.90. The van der Waals surface area contributed by atoms with Gasteiger partial charge in [0.15, 0.2) is 0 Å². The monoisotopic (exact) mass is 287 g/mol. The van der Waals surface area contributed by atoms with Crippen LogP contribution >= 0.6 is 11.6 Å². The number of aliphatic hydroxyl groups excluding tert-OH is 1. The van der Waals surface area contributed by atoms with Crippen molar-refractivity contribution in [3.8, 4) is 11.5 Å². The van der Waals surface area contributed by atoms with E-state index >= 15 is 0 Å². The van der Waals surface area contributed by atoms with Crippen LogP contribution in [-0.2, 0) is 0 Å². The molecule has 108 valence electrons. The van der Waals surface area contributed by atoms with Gasteiger partial charge in [0.2, 0.25) is 0 Å². The summed E-state index contributed by atoms with van der Waals surface area (Å²) in [6, 6.07) is 3.64. The summed E-state index contributed by atoms with van der Waals surface area (Å²) in [5, 5.41) is 9.78. The molecule has 1 aromatic carbocycles. The summed E-state index contributed by atoms with van der Waals surface area (Å²) >= 11 is 6.15. The summed E-state index contributed by atoms with van der Waals surface area (Å²) in [5.41, 5.74) is 6.62. The minimum absolute atomic E-state index is 0.0839. The first-order valence-corrected chi connectivity index (χ1v) is 6.67. The first kappa shape index (κ1) is 16.1. The van der Waals surface area contributed by atoms with Crippen LogP contribution in [0.1, 0.15) is 24.8 Å². The van der Waals surface area contributed by atoms with Gasteiger partial charge in [-0.2, -0.15) is 0 Å². The molecule has 2 unspecified atom stereocenters. The van der Waals surface area contributed by atoms with Crippen molar-refractivity contribution in [2.24, 2.45) is 11.7 Å². The van der Waals surface area contributed by atoms with E-state index in [9.17, 15) is 5.11 Å².